The molecule has 1 atom stereocenters. The molecule has 76 valence electrons. The van der Waals surface area contributed by atoms with Crippen LogP contribution in [0.15, 0.2) is 18.5 Å². The van der Waals surface area contributed by atoms with Crippen LogP contribution < -0.4 is 0 Å². The van der Waals surface area contributed by atoms with E-state index in [0.717, 1.165) is 0 Å². The molecule has 1 saturated heterocycles. The summed E-state index contributed by atoms with van der Waals surface area (Å²) in [7, 11) is 0. The predicted molar refractivity (Wildman–Crippen MR) is 49.5 cm³/mol. The van der Waals surface area contributed by atoms with E-state index in [0.29, 0.717) is 13.1 Å². The van der Waals surface area contributed by atoms with E-state index >= 15 is 0 Å². The first kappa shape index (κ1) is 9.21. The first-order chi connectivity index (χ1) is 6.68. The van der Waals surface area contributed by atoms with Crippen molar-refractivity contribution in [1.82, 2.24) is 14.7 Å². The highest BCUT2D eigenvalue weighted by atomic mass is 16.3. The van der Waals surface area contributed by atoms with Gasteiger partial charge in [-0.15, -0.1) is 0 Å². The van der Waals surface area contributed by atoms with Gasteiger partial charge in [0.2, 0.25) is 5.91 Å². The van der Waals surface area contributed by atoms with Gasteiger partial charge in [-0.05, 0) is 13.0 Å². The third-order valence-corrected chi connectivity index (χ3v) is 2.45. The van der Waals surface area contributed by atoms with Crippen molar-refractivity contribution in [2.75, 3.05) is 13.1 Å². The van der Waals surface area contributed by atoms with Gasteiger partial charge >= 0.3 is 0 Å². The summed E-state index contributed by atoms with van der Waals surface area (Å²) in [5.41, 5.74) is 0. The highest BCUT2D eigenvalue weighted by molar-refractivity contribution is 5.80. The Morgan fingerprint density at radius 3 is 2.86 bits per heavy atom. The monoisotopic (exact) mass is 195 g/mol. The number of likely N-dealkylation sites (tertiary alicyclic amines) is 1. The van der Waals surface area contributed by atoms with E-state index in [1.165, 1.54) is 0 Å². The highest BCUT2D eigenvalue weighted by Crippen LogP contribution is 2.14. The molecule has 0 bridgehead atoms. The van der Waals surface area contributed by atoms with Crippen molar-refractivity contribution in [2.45, 2.75) is 19.1 Å². The molecular weight excluding hydrogens is 182 g/mol. The molecule has 2 heterocycles. The van der Waals surface area contributed by atoms with E-state index in [1.807, 2.05) is 0 Å². The number of rotatable bonds is 2. The fraction of sp³-hybridized carbons (Fsp3) is 0.556. The van der Waals surface area contributed by atoms with Crippen LogP contribution in [0.1, 0.15) is 13.0 Å². The van der Waals surface area contributed by atoms with Crippen molar-refractivity contribution in [3.63, 3.8) is 0 Å². The maximum atomic E-state index is 11.7. The minimum absolute atomic E-state index is 0.0130. The quantitative estimate of drug-likeness (QED) is 0.701. The maximum absolute atomic E-state index is 11.7. The molecule has 1 unspecified atom stereocenters. The van der Waals surface area contributed by atoms with Crippen molar-refractivity contribution >= 4 is 5.91 Å². The van der Waals surface area contributed by atoms with Crippen LogP contribution in [0, 0.1) is 0 Å². The summed E-state index contributed by atoms with van der Waals surface area (Å²) in [6.07, 6.45) is 3.07. The first-order valence-electron chi connectivity index (χ1n) is 4.64. The van der Waals surface area contributed by atoms with Gasteiger partial charge in [-0.1, -0.05) is 0 Å². The molecule has 0 spiro atoms. The molecule has 2 rings (SSSR count). The maximum Gasteiger partial charge on any atom is 0.247 e. The molecule has 1 fully saturated rings. The summed E-state index contributed by atoms with van der Waals surface area (Å²) in [5.74, 6) is 0.0130. The number of β-amino-alcohol motifs (C(OH)–C–C–N with tert-alkyl or cyclic N) is 1. The van der Waals surface area contributed by atoms with Crippen LogP contribution in [-0.4, -0.2) is 44.9 Å². The van der Waals surface area contributed by atoms with Crippen molar-refractivity contribution in [1.29, 1.82) is 0 Å². The minimum atomic E-state index is -0.344. The number of nitrogens with zero attached hydrogens (tertiary/aromatic N) is 3. The van der Waals surface area contributed by atoms with Gasteiger partial charge in [0.15, 0.2) is 0 Å². The third-order valence-electron chi connectivity index (χ3n) is 2.45. The lowest BCUT2D eigenvalue weighted by atomic mass is 10.1. The number of aliphatic hydroxyl groups excluding tert-OH is 1. The summed E-state index contributed by atoms with van der Waals surface area (Å²) in [4.78, 5) is 13.4. The average molecular weight is 195 g/mol. The second-order valence-corrected chi connectivity index (χ2v) is 3.56. The van der Waals surface area contributed by atoms with Gasteiger partial charge in [0.1, 0.15) is 6.04 Å². The normalized spacial score (nSPS) is 19.1. The van der Waals surface area contributed by atoms with Crippen LogP contribution in [0.5, 0.6) is 0 Å². The Morgan fingerprint density at radius 1 is 1.64 bits per heavy atom. The van der Waals surface area contributed by atoms with Crippen LogP contribution in [0.25, 0.3) is 0 Å². The highest BCUT2D eigenvalue weighted by Gasteiger charge is 2.32. The summed E-state index contributed by atoms with van der Waals surface area (Å²) in [6, 6.07) is 1.51. The molecule has 0 aromatic carbocycles. The largest absolute Gasteiger partial charge is 0.389 e. The number of amides is 1. The zero-order valence-electron chi connectivity index (χ0n) is 8.00. The Bertz CT molecular complexity index is 317. The second-order valence-electron chi connectivity index (χ2n) is 3.56. The molecule has 0 saturated carbocycles. The fourth-order valence-electron chi connectivity index (χ4n) is 1.52. The Hall–Kier alpha value is -1.36. The van der Waals surface area contributed by atoms with E-state index in [1.54, 1.807) is 35.0 Å². The lowest BCUT2D eigenvalue weighted by Gasteiger charge is -2.37. The molecule has 1 aromatic rings. The van der Waals surface area contributed by atoms with E-state index in [4.69, 9.17) is 5.11 Å². The summed E-state index contributed by atoms with van der Waals surface area (Å²) >= 11 is 0. The standard InChI is InChI=1S/C9H13N3O2/c1-7(12-4-2-3-10-12)9(14)11-5-8(13)6-11/h2-4,7-8,13H,5-6H2,1H3. The number of hydrogen-bond donors (Lipinski definition) is 1. The molecule has 0 aliphatic carbocycles. The van der Waals surface area contributed by atoms with Gasteiger partial charge in [0.25, 0.3) is 0 Å². The van der Waals surface area contributed by atoms with E-state index in [9.17, 15) is 4.79 Å². The number of carbonyl (C=O) groups excluding carboxylic acids is 1. The average Bonchev–Trinajstić information content (AvgIpc) is 2.63. The summed E-state index contributed by atoms with van der Waals surface area (Å²) in [6.45, 7) is 2.70. The Kier molecular flexibility index (Phi) is 2.25. The minimum Gasteiger partial charge on any atom is -0.389 e. The zero-order chi connectivity index (χ0) is 10.1. The number of carbonyl (C=O) groups is 1. The summed E-state index contributed by atoms with van der Waals surface area (Å²) in [5, 5.41) is 13.1. The molecule has 1 amide bonds. The van der Waals surface area contributed by atoms with Crippen LogP contribution in [0.2, 0.25) is 0 Å². The Balaban J connectivity index is 1.99. The first-order valence-corrected chi connectivity index (χ1v) is 4.64. The molecule has 5 nitrogen and oxygen atoms in total. The van der Waals surface area contributed by atoms with Gasteiger partial charge in [-0.3, -0.25) is 9.48 Å². The second kappa shape index (κ2) is 3.42. The molecule has 0 radical (unpaired) electrons. The van der Waals surface area contributed by atoms with Crippen LogP contribution in [-0.2, 0) is 4.79 Å². The molecular formula is C9H13N3O2. The third kappa shape index (κ3) is 1.50. The van der Waals surface area contributed by atoms with Crippen molar-refractivity contribution in [3.05, 3.63) is 18.5 Å². The molecule has 14 heavy (non-hydrogen) atoms. The molecule has 1 aliphatic heterocycles. The van der Waals surface area contributed by atoms with E-state index in [2.05, 4.69) is 5.10 Å². The summed E-state index contributed by atoms with van der Waals surface area (Å²) < 4.78 is 1.62. The smallest absolute Gasteiger partial charge is 0.247 e. The number of hydrogen-bond acceptors (Lipinski definition) is 3. The van der Waals surface area contributed by atoms with Crippen molar-refractivity contribution < 1.29 is 9.90 Å². The van der Waals surface area contributed by atoms with Gasteiger partial charge in [0.05, 0.1) is 6.10 Å². The van der Waals surface area contributed by atoms with Crippen LogP contribution >= 0.6 is 0 Å². The molecule has 1 N–H and O–H groups in total. The van der Waals surface area contributed by atoms with E-state index in [-0.39, 0.29) is 18.1 Å². The van der Waals surface area contributed by atoms with Gasteiger partial charge in [0, 0.05) is 25.5 Å². The van der Waals surface area contributed by atoms with Gasteiger partial charge in [-0.2, -0.15) is 5.10 Å². The molecule has 5 heteroatoms. The van der Waals surface area contributed by atoms with Crippen molar-refractivity contribution in [3.8, 4) is 0 Å². The van der Waals surface area contributed by atoms with Gasteiger partial charge < -0.3 is 10.0 Å². The number of aliphatic hydroxyl groups is 1. The predicted octanol–water partition coefficient (Wildman–Crippen LogP) is -0.353. The fourth-order valence-corrected chi connectivity index (χ4v) is 1.52. The molecule has 1 aliphatic rings. The van der Waals surface area contributed by atoms with Gasteiger partial charge in [-0.25, -0.2) is 0 Å². The van der Waals surface area contributed by atoms with Crippen LogP contribution in [0.4, 0.5) is 0 Å². The van der Waals surface area contributed by atoms with Crippen LogP contribution in [0.3, 0.4) is 0 Å². The van der Waals surface area contributed by atoms with E-state index < -0.39 is 0 Å². The lowest BCUT2D eigenvalue weighted by Crippen LogP contribution is -2.55. The topological polar surface area (TPSA) is 58.4 Å². The SMILES string of the molecule is CC(C(=O)N1CC(O)C1)n1cccn1. The van der Waals surface area contributed by atoms with Crippen molar-refractivity contribution in [2.24, 2.45) is 0 Å². The Labute approximate surface area is 81.9 Å². The zero-order valence-corrected chi connectivity index (χ0v) is 8.00. The molecule has 1 aromatic heterocycles. The lowest BCUT2D eigenvalue weighted by molar-refractivity contribution is -0.144. The Morgan fingerprint density at radius 2 is 2.36 bits per heavy atom. The number of aromatic nitrogens is 2.